The van der Waals surface area contributed by atoms with Gasteiger partial charge in [-0.3, -0.25) is 4.79 Å². The molecule has 0 saturated heterocycles. The molecule has 4 heteroatoms. The fourth-order valence-electron chi connectivity index (χ4n) is 2.18. The Morgan fingerprint density at radius 2 is 2.00 bits per heavy atom. The van der Waals surface area contributed by atoms with Crippen molar-refractivity contribution in [2.45, 2.75) is 33.1 Å². The summed E-state index contributed by atoms with van der Waals surface area (Å²) in [5, 5.41) is 3.01. The van der Waals surface area contributed by atoms with Crippen molar-refractivity contribution < 1.29 is 4.79 Å². The second kappa shape index (κ2) is 6.21. The topological polar surface area (TPSA) is 58.4 Å². The molecule has 1 amide bonds. The Morgan fingerprint density at radius 1 is 1.38 bits per heavy atom. The van der Waals surface area contributed by atoms with Crippen LogP contribution in [0.4, 0.5) is 0 Å². The summed E-state index contributed by atoms with van der Waals surface area (Å²) in [7, 11) is 0. The van der Waals surface area contributed by atoms with Gasteiger partial charge in [0.2, 0.25) is 5.91 Å². The first-order chi connectivity index (χ1) is 7.68. The molecular weight excluding hydrogens is 202 g/mol. The monoisotopic (exact) mass is 227 g/mol. The third kappa shape index (κ3) is 2.95. The molecule has 94 valence electrons. The number of amides is 1. The van der Waals surface area contributed by atoms with E-state index in [-0.39, 0.29) is 11.3 Å². The minimum absolute atomic E-state index is 0.161. The van der Waals surface area contributed by atoms with Gasteiger partial charge in [0.05, 0.1) is 5.41 Å². The summed E-state index contributed by atoms with van der Waals surface area (Å²) in [4.78, 5) is 14.2. The molecular formula is C12H25N3O. The average molecular weight is 227 g/mol. The maximum atomic E-state index is 11.9. The molecule has 0 aromatic heterocycles. The molecule has 0 unspecified atom stereocenters. The van der Waals surface area contributed by atoms with Gasteiger partial charge in [0.25, 0.3) is 0 Å². The van der Waals surface area contributed by atoms with E-state index >= 15 is 0 Å². The number of hydrogen-bond donors (Lipinski definition) is 2. The Morgan fingerprint density at radius 3 is 2.38 bits per heavy atom. The molecule has 0 spiro atoms. The van der Waals surface area contributed by atoms with E-state index in [1.54, 1.807) is 0 Å². The lowest BCUT2D eigenvalue weighted by Crippen LogP contribution is -2.51. The Bertz CT molecular complexity index is 217. The summed E-state index contributed by atoms with van der Waals surface area (Å²) in [5.74, 6) is 0.161. The fourth-order valence-corrected chi connectivity index (χ4v) is 2.18. The van der Waals surface area contributed by atoms with Crippen LogP contribution < -0.4 is 11.1 Å². The van der Waals surface area contributed by atoms with Gasteiger partial charge >= 0.3 is 0 Å². The van der Waals surface area contributed by atoms with Crippen molar-refractivity contribution in [2.75, 3.05) is 32.7 Å². The van der Waals surface area contributed by atoms with Crippen LogP contribution in [0.2, 0.25) is 0 Å². The van der Waals surface area contributed by atoms with E-state index < -0.39 is 0 Å². The third-order valence-electron chi connectivity index (χ3n) is 3.79. The minimum atomic E-state index is -0.233. The Kier molecular flexibility index (Phi) is 5.22. The summed E-state index contributed by atoms with van der Waals surface area (Å²) < 4.78 is 0. The number of likely N-dealkylation sites (N-methyl/N-ethyl adjacent to an activating group) is 1. The predicted octanol–water partition coefficient (Wildman–Crippen LogP) is 0.573. The minimum Gasteiger partial charge on any atom is -0.354 e. The van der Waals surface area contributed by atoms with Crippen LogP contribution in [0.1, 0.15) is 33.1 Å². The summed E-state index contributed by atoms with van der Waals surface area (Å²) in [6.45, 7) is 8.51. The molecule has 0 heterocycles. The summed E-state index contributed by atoms with van der Waals surface area (Å²) in [5.41, 5.74) is 5.45. The SMILES string of the molecule is CCN(CC)CCNC(=O)C1(CN)CCC1. The van der Waals surface area contributed by atoms with E-state index in [9.17, 15) is 4.79 Å². The molecule has 3 N–H and O–H groups in total. The zero-order valence-electron chi connectivity index (χ0n) is 10.6. The van der Waals surface area contributed by atoms with E-state index in [0.717, 1.165) is 45.4 Å². The Labute approximate surface area is 98.6 Å². The molecule has 0 aliphatic heterocycles. The predicted molar refractivity (Wildman–Crippen MR) is 66.1 cm³/mol. The van der Waals surface area contributed by atoms with Crippen LogP contribution in [0.3, 0.4) is 0 Å². The van der Waals surface area contributed by atoms with Crippen LogP contribution in [-0.4, -0.2) is 43.5 Å². The van der Waals surface area contributed by atoms with Crippen LogP contribution in [0, 0.1) is 5.41 Å². The van der Waals surface area contributed by atoms with Gasteiger partial charge in [-0.15, -0.1) is 0 Å². The normalized spacial score (nSPS) is 18.2. The molecule has 1 aliphatic carbocycles. The lowest BCUT2D eigenvalue weighted by atomic mass is 9.68. The third-order valence-corrected chi connectivity index (χ3v) is 3.79. The molecule has 1 aliphatic rings. The molecule has 0 aromatic rings. The van der Waals surface area contributed by atoms with Crippen molar-refractivity contribution in [1.29, 1.82) is 0 Å². The van der Waals surface area contributed by atoms with E-state index in [2.05, 4.69) is 24.1 Å². The van der Waals surface area contributed by atoms with Gasteiger partial charge in [0, 0.05) is 19.6 Å². The quantitative estimate of drug-likeness (QED) is 0.668. The molecule has 0 radical (unpaired) electrons. The van der Waals surface area contributed by atoms with Crippen molar-refractivity contribution in [2.24, 2.45) is 11.1 Å². The van der Waals surface area contributed by atoms with E-state index in [0.29, 0.717) is 6.54 Å². The maximum Gasteiger partial charge on any atom is 0.227 e. The van der Waals surface area contributed by atoms with Crippen LogP contribution in [-0.2, 0) is 4.79 Å². The highest BCUT2D eigenvalue weighted by molar-refractivity contribution is 5.83. The zero-order chi connectivity index (χ0) is 12.0. The first kappa shape index (κ1) is 13.5. The molecule has 0 aromatic carbocycles. The number of carbonyl (C=O) groups is 1. The van der Waals surface area contributed by atoms with Crippen LogP contribution in [0.15, 0.2) is 0 Å². The molecule has 4 nitrogen and oxygen atoms in total. The largest absolute Gasteiger partial charge is 0.354 e. The van der Waals surface area contributed by atoms with Crippen LogP contribution in [0.5, 0.6) is 0 Å². The van der Waals surface area contributed by atoms with Gasteiger partial charge in [-0.05, 0) is 25.9 Å². The smallest absolute Gasteiger partial charge is 0.227 e. The van der Waals surface area contributed by atoms with Crippen LogP contribution >= 0.6 is 0 Å². The average Bonchev–Trinajstić information content (AvgIpc) is 2.24. The zero-order valence-corrected chi connectivity index (χ0v) is 10.6. The first-order valence-electron chi connectivity index (χ1n) is 6.39. The van der Waals surface area contributed by atoms with E-state index in [1.807, 2.05) is 0 Å². The van der Waals surface area contributed by atoms with Crippen molar-refractivity contribution in [3.05, 3.63) is 0 Å². The number of nitrogens with two attached hydrogens (primary N) is 1. The highest BCUT2D eigenvalue weighted by atomic mass is 16.2. The van der Waals surface area contributed by atoms with Gasteiger partial charge in [-0.2, -0.15) is 0 Å². The maximum absolute atomic E-state index is 11.9. The first-order valence-corrected chi connectivity index (χ1v) is 6.39. The van der Waals surface area contributed by atoms with Crippen molar-refractivity contribution in [3.63, 3.8) is 0 Å². The summed E-state index contributed by atoms with van der Waals surface area (Å²) >= 11 is 0. The van der Waals surface area contributed by atoms with E-state index in [1.165, 1.54) is 0 Å². The lowest BCUT2D eigenvalue weighted by molar-refractivity contribution is -0.135. The summed E-state index contributed by atoms with van der Waals surface area (Å²) in [6.07, 6.45) is 3.06. The standard InChI is InChI=1S/C12H25N3O/c1-3-15(4-2)9-8-14-11(16)12(10-13)6-5-7-12/h3-10,13H2,1-2H3,(H,14,16). The van der Waals surface area contributed by atoms with Crippen molar-refractivity contribution in [1.82, 2.24) is 10.2 Å². The summed E-state index contributed by atoms with van der Waals surface area (Å²) in [6, 6.07) is 0. The fraction of sp³-hybridized carbons (Fsp3) is 0.917. The number of hydrogen-bond acceptors (Lipinski definition) is 3. The number of rotatable bonds is 7. The van der Waals surface area contributed by atoms with Crippen molar-refractivity contribution >= 4 is 5.91 Å². The highest BCUT2D eigenvalue weighted by Gasteiger charge is 2.42. The molecule has 1 saturated carbocycles. The molecule has 1 rings (SSSR count). The van der Waals surface area contributed by atoms with Gasteiger partial charge < -0.3 is 16.0 Å². The van der Waals surface area contributed by atoms with Crippen LogP contribution in [0.25, 0.3) is 0 Å². The second-order valence-corrected chi connectivity index (χ2v) is 4.62. The van der Waals surface area contributed by atoms with Gasteiger partial charge in [-0.1, -0.05) is 20.3 Å². The number of carbonyl (C=O) groups excluding carboxylic acids is 1. The molecule has 0 bridgehead atoms. The van der Waals surface area contributed by atoms with Crippen molar-refractivity contribution in [3.8, 4) is 0 Å². The van der Waals surface area contributed by atoms with Gasteiger partial charge in [0.1, 0.15) is 0 Å². The van der Waals surface area contributed by atoms with Gasteiger partial charge in [0.15, 0.2) is 0 Å². The lowest BCUT2D eigenvalue weighted by Gasteiger charge is -2.39. The number of nitrogens with zero attached hydrogens (tertiary/aromatic N) is 1. The molecule has 0 atom stereocenters. The number of nitrogens with one attached hydrogen (secondary N) is 1. The molecule has 16 heavy (non-hydrogen) atoms. The van der Waals surface area contributed by atoms with E-state index in [4.69, 9.17) is 5.73 Å². The Balaban J connectivity index is 2.24. The molecule has 1 fully saturated rings. The van der Waals surface area contributed by atoms with Gasteiger partial charge in [-0.25, -0.2) is 0 Å². The second-order valence-electron chi connectivity index (χ2n) is 4.62. The highest BCUT2D eigenvalue weighted by Crippen LogP contribution is 2.39. The Hall–Kier alpha value is -0.610.